The van der Waals surface area contributed by atoms with Gasteiger partial charge in [-0.05, 0) is 97.5 Å². The van der Waals surface area contributed by atoms with E-state index < -0.39 is 18.8 Å². The first kappa shape index (κ1) is 33.8. The first-order chi connectivity index (χ1) is 20.3. The molecular weight excluding hydrogens is 649 g/mol. The third kappa shape index (κ3) is 6.64. The lowest BCUT2D eigenvalue weighted by molar-refractivity contribution is -0.136. The molecule has 0 bridgehead atoms. The summed E-state index contributed by atoms with van der Waals surface area (Å²) in [7, 11) is -3.72. The fraction of sp³-hybridized carbons (Fsp3) is 0.531. The number of oxime groups is 1. The van der Waals surface area contributed by atoms with E-state index in [1.54, 1.807) is 13.8 Å². The van der Waals surface area contributed by atoms with Crippen molar-refractivity contribution in [3.05, 3.63) is 69.2 Å². The summed E-state index contributed by atoms with van der Waals surface area (Å²) >= 11 is 9.10. The minimum Gasteiger partial charge on any atom is -0.411 e. The molecule has 1 amide bonds. The maximum atomic E-state index is 14.2. The van der Waals surface area contributed by atoms with E-state index in [0.717, 1.165) is 28.4 Å². The van der Waals surface area contributed by atoms with Gasteiger partial charge in [0.2, 0.25) is 5.91 Å². The Morgan fingerprint density at radius 2 is 1.74 bits per heavy atom. The van der Waals surface area contributed by atoms with Gasteiger partial charge in [0.25, 0.3) is 0 Å². The molecule has 8 nitrogen and oxygen atoms in total. The molecule has 1 unspecified atom stereocenters. The molecule has 11 heteroatoms. The normalized spacial score (nSPS) is 25.1. The topological polar surface area (TPSA) is 109 Å². The number of halogens is 1. The van der Waals surface area contributed by atoms with Crippen molar-refractivity contribution in [3.8, 4) is 0 Å². The summed E-state index contributed by atoms with van der Waals surface area (Å²) in [5.74, 6) is -0.936. The molecule has 0 spiro atoms. The molecule has 2 aliphatic carbocycles. The summed E-state index contributed by atoms with van der Waals surface area (Å²) in [5, 5.41) is 19.9. The molecule has 4 rings (SSSR count). The number of carbonyl (C=O) groups is 1. The minimum absolute atomic E-state index is 0.0416. The highest BCUT2D eigenvalue weighted by atomic mass is 79.9. The Morgan fingerprint density at radius 3 is 2.33 bits per heavy atom. The molecule has 0 aromatic heterocycles. The summed E-state index contributed by atoms with van der Waals surface area (Å²) in [6, 6.07) is 13.7. The minimum atomic E-state index is -3.72. The highest BCUT2D eigenvalue weighted by molar-refractivity contribution is 9.10. The molecule has 2 aromatic rings. The van der Waals surface area contributed by atoms with E-state index in [1.807, 2.05) is 31.2 Å². The summed E-state index contributed by atoms with van der Waals surface area (Å²) < 4.78 is 26.1. The van der Waals surface area contributed by atoms with Crippen LogP contribution >= 0.6 is 35.7 Å². The SMILES string of the molecule is CCOP(=O)(OCC)C(NC(=S)NC(=O)[C@]1(C)CCC[C@]2(C)c3ccc(C(C)C)cc3/C(=N\O)C[C@@H]12)c1ccc(Br)cc1. The van der Waals surface area contributed by atoms with Crippen LogP contribution in [0.2, 0.25) is 0 Å². The van der Waals surface area contributed by atoms with Gasteiger partial charge in [0.15, 0.2) is 10.9 Å². The van der Waals surface area contributed by atoms with Crippen molar-refractivity contribution in [2.45, 2.75) is 84.3 Å². The summed E-state index contributed by atoms with van der Waals surface area (Å²) in [6.45, 7) is 12.4. The molecule has 0 aliphatic heterocycles. The van der Waals surface area contributed by atoms with Gasteiger partial charge in [-0.1, -0.05) is 79.5 Å². The van der Waals surface area contributed by atoms with Crippen molar-refractivity contribution in [3.63, 3.8) is 0 Å². The van der Waals surface area contributed by atoms with Gasteiger partial charge in [-0.15, -0.1) is 0 Å². The largest absolute Gasteiger partial charge is 0.411 e. The van der Waals surface area contributed by atoms with Crippen LogP contribution in [0.25, 0.3) is 0 Å². The maximum Gasteiger partial charge on any atom is 0.357 e. The second kappa shape index (κ2) is 13.5. The van der Waals surface area contributed by atoms with Gasteiger partial charge < -0.3 is 24.9 Å². The Labute approximate surface area is 269 Å². The van der Waals surface area contributed by atoms with Crippen LogP contribution < -0.4 is 10.6 Å². The third-order valence-electron chi connectivity index (χ3n) is 9.22. The van der Waals surface area contributed by atoms with Gasteiger partial charge in [-0.3, -0.25) is 9.36 Å². The van der Waals surface area contributed by atoms with Crippen LogP contribution in [0.4, 0.5) is 0 Å². The number of hydrogen-bond donors (Lipinski definition) is 3. The quantitative estimate of drug-likeness (QED) is 0.105. The lowest BCUT2D eigenvalue weighted by Gasteiger charge is -2.54. The predicted octanol–water partition coefficient (Wildman–Crippen LogP) is 8.17. The Hall–Kier alpha value is -2.10. The standard InChI is InChI=1S/C32H43BrN3O5PS/c1-7-40-42(39,41-8-2)28(21-10-13-23(33)14-11-21)34-30(43)35-29(37)32(6)17-9-16-31(5)25-15-12-22(20(3)4)18-24(25)26(36-38)19-27(31)32/h10-15,18,20,27-28,38H,7-9,16-17,19H2,1-6H3,(H2,34,35,37,43)/b36-26-/t27-,28?,31-,32-/m1/s1. The van der Waals surface area contributed by atoms with E-state index in [-0.39, 0.29) is 35.6 Å². The van der Waals surface area contributed by atoms with Crippen LogP contribution in [0.1, 0.15) is 101 Å². The molecule has 43 heavy (non-hydrogen) atoms. The molecule has 2 aromatic carbocycles. The highest BCUT2D eigenvalue weighted by Crippen LogP contribution is 2.60. The highest BCUT2D eigenvalue weighted by Gasteiger charge is 2.56. The van der Waals surface area contributed by atoms with E-state index in [2.05, 4.69) is 70.7 Å². The fourth-order valence-corrected chi connectivity index (χ4v) is 9.40. The number of nitrogens with zero attached hydrogens (tertiary/aromatic N) is 1. The number of fused-ring (bicyclic) bond motifs is 3. The van der Waals surface area contributed by atoms with Crippen LogP contribution in [0, 0.1) is 11.3 Å². The Morgan fingerprint density at radius 1 is 1.12 bits per heavy atom. The van der Waals surface area contributed by atoms with E-state index >= 15 is 0 Å². The second-order valence-corrected chi connectivity index (χ2v) is 15.6. The monoisotopic (exact) mass is 691 g/mol. The van der Waals surface area contributed by atoms with Crippen molar-refractivity contribution in [1.82, 2.24) is 10.6 Å². The van der Waals surface area contributed by atoms with Crippen molar-refractivity contribution in [2.75, 3.05) is 13.2 Å². The lowest BCUT2D eigenvalue weighted by atomic mass is 9.49. The summed E-state index contributed by atoms with van der Waals surface area (Å²) in [4.78, 5) is 14.2. The summed E-state index contributed by atoms with van der Waals surface area (Å²) in [6.07, 6.45) is 2.91. The first-order valence-electron chi connectivity index (χ1n) is 14.9. The number of thiocarbonyl (C=S) groups is 1. The number of nitrogens with one attached hydrogen (secondary N) is 2. The lowest BCUT2D eigenvalue weighted by Crippen LogP contribution is -2.58. The van der Waals surface area contributed by atoms with Crippen molar-refractivity contribution >= 4 is 52.5 Å². The molecule has 0 heterocycles. The molecule has 1 fully saturated rings. The Balaban J connectivity index is 1.63. The smallest absolute Gasteiger partial charge is 0.357 e. The van der Waals surface area contributed by atoms with Gasteiger partial charge in [0.05, 0.1) is 24.3 Å². The zero-order valence-electron chi connectivity index (χ0n) is 25.8. The van der Waals surface area contributed by atoms with Gasteiger partial charge in [-0.2, -0.15) is 0 Å². The predicted molar refractivity (Wildman–Crippen MR) is 178 cm³/mol. The van der Waals surface area contributed by atoms with Crippen molar-refractivity contribution in [2.24, 2.45) is 16.5 Å². The molecule has 0 radical (unpaired) electrons. The Kier molecular flexibility index (Phi) is 10.6. The van der Waals surface area contributed by atoms with Crippen LogP contribution in [0.3, 0.4) is 0 Å². The van der Waals surface area contributed by atoms with E-state index in [0.29, 0.717) is 30.0 Å². The second-order valence-electron chi connectivity index (χ2n) is 12.2. The average molecular weight is 693 g/mol. The van der Waals surface area contributed by atoms with Crippen LogP contribution in [0.5, 0.6) is 0 Å². The van der Waals surface area contributed by atoms with Gasteiger partial charge in [0, 0.05) is 10.0 Å². The molecule has 1 saturated carbocycles. The zero-order chi connectivity index (χ0) is 31.6. The molecule has 0 saturated heterocycles. The van der Waals surface area contributed by atoms with Crippen LogP contribution in [0.15, 0.2) is 52.1 Å². The van der Waals surface area contributed by atoms with Gasteiger partial charge in [0.1, 0.15) is 0 Å². The van der Waals surface area contributed by atoms with Crippen LogP contribution in [-0.2, 0) is 23.8 Å². The number of hydrogen-bond acceptors (Lipinski definition) is 7. The number of rotatable bonds is 9. The van der Waals surface area contributed by atoms with E-state index in [1.165, 1.54) is 5.56 Å². The Bertz CT molecular complexity index is 1420. The molecule has 234 valence electrons. The molecule has 4 atom stereocenters. The molecular formula is C32H43BrN3O5PS. The van der Waals surface area contributed by atoms with Crippen molar-refractivity contribution < 1.29 is 23.6 Å². The van der Waals surface area contributed by atoms with E-state index in [9.17, 15) is 14.6 Å². The third-order valence-corrected chi connectivity index (χ3v) is 12.3. The van der Waals surface area contributed by atoms with E-state index in [4.69, 9.17) is 21.3 Å². The number of carbonyl (C=O) groups excluding carboxylic acids is 1. The summed E-state index contributed by atoms with van der Waals surface area (Å²) in [5.41, 5.74) is 3.42. The van der Waals surface area contributed by atoms with Gasteiger partial charge >= 0.3 is 7.60 Å². The first-order valence-corrected chi connectivity index (χ1v) is 17.8. The zero-order valence-corrected chi connectivity index (χ0v) is 29.1. The van der Waals surface area contributed by atoms with Crippen LogP contribution in [-0.4, -0.2) is 35.2 Å². The van der Waals surface area contributed by atoms with Gasteiger partial charge in [-0.25, -0.2) is 0 Å². The number of amides is 1. The molecule has 3 N–H and O–H groups in total. The fourth-order valence-electron chi connectivity index (χ4n) is 6.92. The molecule has 2 aliphatic rings. The number of benzene rings is 2. The van der Waals surface area contributed by atoms with Crippen molar-refractivity contribution in [1.29, 1.82) is 0 Å². The maximum absolute atomic E-state index is 14.2. The average Bonchev–Trinajstić information content (AvgIpc) is 2.96.